The quantitative estimate of drug-likeness (QED) is 0.462. The molecule has 1 rings (SSSR count). The average molecular weight is 386 g/mol. The van der Waals surface area contributed by atoms with Crippen LogP contribution in [0, 0.1) is 0 Å². The molecule has 1 aromatic rings. The fraction of sp³-hybridized carbons (Fsp3) is 0.364. The van der Waals surface area contributed by atoms with Crippen LogP contribution in [-0.2, 0) is 6.54 Å². The zero-order valence-electron chi connectivity index (χ0n) is 10.3. The molecule has 0 radical (unpaired) electrons. The van der Waals surface area contributed by atoms with E-state index in [2.05, 4.69) is 4.99 Å². The highest BCUT2D eigenvalue weighted by molar-refractivity contribution is 14.0. The zero-order chi connectivity index (χ0) is 12.8. The van der Waals surface area contributed by atoms with E-state index in [9.17, 15) is 0 Å². The van der Waals surface area contributed by atoms with Crippen LogP contribution in [0.5, 0.6) is 11.5 Å². The first-order valence-corrected chi connectivity index (χ1v) is 5.50. The molecule has 0 saturated heterocycles. The minimum Gasteiger partial charge on any atom is -0.493 e. The van der Waals surface area contributed by atoms with Crippen LogP contribution < -0.4 is 20.9 Å². The molecule has 0 atom stereocenters. The molecule has 7 heteroatoms. The fourth-order valence-electron chi connectivity index (χ4n) is 1.33. The molecule has 4 N–H and O–H groups in total. The summed E-state index contributed by atoms with van der Waals surface area (Å²) < 4.78 is 10.6. The minimum absolute atomic E-state index is 0. The highest BCUT2D eigenvalue weighted by Gasteiger charge is 2.11. The van der Waals surface area contributed by atoms with Crippen LogP contribution in [0.15, 0.2) is 17.1 Å². The number of methoxy groups -OCH3 is 1. The minimum atomic E-state index is 0. The molecule has 0 saturated carbocycles. The Bertz CT molecular complexity index is 423. The van der Waals surface area contributed by atoms with Crippen LogP contribution >= 0.6 is 35.6 Å². The Morgan fingerprint density at radius 2 is 2.06 bits per heavy atom. The summed E-state index contributed by atoms with van der Waals surface area (Å²) in [5.74, 6) is 1.14. The van der Waals surface area contributed by atoms with Crippen LogP contribution in [-0.4, -0.2) is 19.7 Å². The van der Waals surface area contributed by atoms with Crippen molar-refractivity contribution in [3.05, 3.63) is 22.7 Å². The Balaban J connectivity index is 0.00000289. The second-order valence-electron chi connectivity index (χ2n) is 3.28. The molecule has 0 amide bonds. The normalized spacial score (nSPS) is 9.28. The van der Waals surface area contributed by atoms with Gasteiger partial charge in [-0.15, -0.1) is 24.0 Å². The third-order valence-electron chi connectivity index (χ3n) is 2.02. The predicted molar refractivity (Wildman–Crippen MR) is 84.1 cm³/mol. The van der Waals surface area contributed by atoms with Crippen molar-refractivity contribution in [2.45, 2.75) is 13.5 Å². The lowest BCUT2D eigenvalue weighted by Gasteiger charge is -2.12. The van der Waals surface area contributed by atoms with Gasteiger partial charge in [0.25, 0.3) is 0 Å². The molecular weight excluding hydrogens is 368 g/mol. The van der Waals surface area contributed by atoms with E-state index in [0.29, 0.717) is 29.7 Å². The maximum Gasteiger partial charge on any atom is 0.186 e. The van der Waals surface area contributed by atoms with Gasteiger partial charge in [-0.05, 0) is 24.6 Å². The van der Waals surface area contributed by atoms with Crippen LogP contribution in [0.1, 0.15) is 12.5 Å². The van der Waals surface area contributed by atoms with Gasteiger partial charge in [0.1, 0.15) is 0 Å². The molecule has 0 aliphatic carbocycles. The topological polar surface area (TPSA) is 82.9 Å². The van der Waals surface area contributed by atoms with E-state index in [-0.39, 0.29) is 29.9 Å². The lowest BCUT2D eigenvalue weighted by Crippen LogP contribution is -2.22. The third-order valence-corrected chi connectivity index (χ3v) is 2.30. The van der Waals surface area contributed by atoms with Gasteiger partial charge in [-0.3, -0.25) is 0 Å². The molecule has 5 nitrogen and oxygen atoms in total. The fourth-order valence-corrected chi connectivity index (χ4v) is 1.62. The number of benzene rings is 1. The van der Waals surface area contributed by atoms with E-state index in [1.165, 1.54) is 0 Å². The lowest BCUT2D eigenvalue weighted by atomic mass is 10.2. The summed E-state index contributed by atoms with van der Waals surface area (Å²) in [6, 6.07) is 3.55. The number of aliphatic imine (C=N–C) groups is 1. The van der Waals surface area contributed by atoms with Crippen molar-refractivity contribution < 1.29 is 9.47 Å². The summed E-state index contributed by atoms with van der Waals surface area (Å²) in [6.07, 6.45) is 0. The molecule has 0 unspecified atom stereocenters. The molecule has 0 aromatic heterocycles. The summed E-state index contributed by atoms with van der Waals surface area (Å²) in [5, 5.41) is 0.479. The average Bonchev–Trinajstić information content (AvgIpc) is 2.29. The highest BCUT2D eigenvalue weighted by Crippen LogP contribution is 2.36. The molecule has 0 spiro atoms. The molecule has 18 heavy (non-hydrogen) atoms. The first kappa shape index (κ1) is 17.1. The summed E-state index contributed by atoms with van der Waals surface area (Å²) in [6.45, 7) is 2.75. The van der Waals surface area contributed by atoms with Crippen molar-refractivity contribution in [3.8, 4) is 11.5 Å². The van der Waals surface area contributed by atoms with Gasteiger partial charge in [0.05, 0.1) is 25.3 Å². The first-order chi connectivity index (χ1) is 8.08. The molecule has 0 fully saturated rings. The van der Waals surface area contributed by atoms with Crippen molar-refractivity contribution in [1.29, 1.82) is 0 Å². The summed E-state index contributed by atoms with van der Waals surface area (Å²) in [7, 11) is 1.55. The van der Waals surface area contributed by atoms with E-state index in [4.69, 9.17) is 32.5 Å². The van der Waals surface area contributed by atoms with E-state index in [1.54, 1.807) is 19.2 Å². The van der Waals surface area contributed by atoms with Crippen LogP contribution in [0.3, 0.4) is 0 Å². The SMILES string of the molecule is CCOc1c(Cl)cc(CN=C(N)N)cc1OC.I. The van der Waals surface area contributed by atoms with Gasteiger partial charge in [0, 0.05) is 0 Å². The molecule has 0 aliphatic rings. The zero-order valence-corrected chi connectivity index (χ0v) is 13.4. The Morgan fingerprint density at radius 3 is 2.56 bits per heavy atom. The van der Waals surface area contributed by atoms with Gasteiger partial charge in [-0.1, -0.05) is 11.6 Å². The van der Waals surface area contributed by atoms with Crippen molar-refractivity contribution >= 4 is 41.5 Å². The van der Waals surface area contributed by atoms with E-state index < -0.39 is 0 Å². The molecule has 0 bridgehead atoms. The first-order valence-electron chi connectivity index (χ1n) is 5.13. The van der Waals surface area contributed by atoms with Gasteiger partial charge < -0.3 is 20.9 Å². The van der Waals surface area contributed by atoms with E-state index in [0.717, 1.165) is 5.56 Å². The molecule has 102 valence electrons. The smallest absolute Gasteiger partial charge is 0.186 e. The number of ether oxygens (including phenoxy) is 2. The van der Waals surface area contributed by atoms with Gasteiger partial charge in [0.15, 0.2) is 17.5 Å². The molecule has 0 heterocycles. The third kappa shape index (κ3) is 4.77. The largest absolute Gasteiger partial charge is 0.493 e. The molecule has 1 aromatic carbocycles. The number of nitrogens with zero attached hydrogens (tertiary/aromatic N) is 1. The molecular formula is C11H17ClIN3O2. The van der Waals surface area contributed by atoms with Crippen LogP contribution in [0.4, 0.5) is 0 Å². The lowest BCUT2D eigenvalue weighted by molar-refractivity contribution is 0.311. The Hall–Kier alpha value is -0.890. The van der Waals surface area contributed by atoms with Crippen molar-refractivity contribution in [1.82, 2.24) is 0 Å². The second kappa shape index (κ2) is 8.25. The van der Waals surface area contributed by atoms with E-state index in [1.807, 2.05) is 6.92 Å². The van der Waals surface area contributed by atoms with Gasteiger partial charge in [-0.2, -0.15) is 0 Å². The standard InChI is InChI=1S/C11H16ClN3O2.HI/c1-3-17-10-8(12)4-7(5-9(10)16-2)6-15-11(13)14;/h4-5H,3,6H2,1-2H3,(H4,13,14,15);1H. The van der Waals surface area contributed by atoms with Gasteiger partial charge >= 0.3 is 0 Å². The van der Waals surface area contributed by atoms with E-state index >= 15 is 0 Å². The maximum absolute atomic E-state index is 6.09. The number of hydrogen-bond acceptors (Lipinski definition) is 3. The number of nitrogens with two attached hydrogens (primary N) is 2. The number of guanidine groups is 1. The van der Waals surface area contributed by atoms with Crippen LogP contribution in [0.25, 0.3) is 0 Å². The Labute approximate surface area is 129 Å². The van der Waals surface area contributed by atoms with Gasteiger partial charge in [-0.25, -0.2) is 4.99 Å². The summed E-state index contributed by atoms with van der Waals surface area (Å²) >= 11 is 6.09. The number of rotatable bonds is 5. The van der Waals surface area contributed by atoms with Gasteiger partial charge in [0.2, 0.25) is 0 Å². The number of hydrogen-bond donors (Lipinski definition) is 2. The summed E-state index contributed by atoms with van der Waals surface area (Å²) in [5.41, 5.74) is 11.4. The predicted octanol–water partition coefficient (Wildman–Crippen LogP) is 2.14. The van der Waals surface area contributed by atoms with Crippen LogP contribution in [0.2, 0.25) is 5.02 Å². The van der Waals surface area contributed by atoms with Crippen molar-refractivity contribution in [3.63, 3.8) is 0 Å². The highest BCUT2D eigenvalue weighted by atomic mass is 127. The van der Waals surface area contributed by atoms with Crippen molar-refractivity contribution in [2.24, 2.45) is 16.5 Å². The summed E-state index contributed by atoms with van der Waals surface area (Å²) in [4.78, 5) is 3.90. The second-order valence-corrected chi connectivity index (χ2v) is 3.69. The number of halogens is 2. The monoisotopic (exact) mass is 385 g/mol. The van der Waals surface area contributed by atoms with Crippen molar-refractivity contribution in [2.75, 3.05) is 13.7 Å². The molecule has 0 aliphatic heterocycles. The Kier molecular flexibility index (Phi) is 7.85. The maximum atomic E-state index is 6.09. The Morgan fingerprint density at radius 1 is 1.39 bits per heavy atom.